The van der Waals surface area contributed by atoms with Gasteiger partial charge in [0, 0.05) is 12.6 Å². The third-order valence-electron chi connectivity index (χ3n) is 2.05. The maximum atomic E-state index is 12.3. The molecule has 0 aromatic heterocycles. The van der Waals surface area contributed by atoms with Crippen LogP contribution < -0.4 is 11.5 Å². The summed E-state index contributed by atoms with van der Waals surface area (Å²) in [6.07, 6.45) is -3.94. The maximum Gasteiger partial charge on any atom is 0.416 e. The van der Waals surface area contributed by atoms with Gasteiger partial charge in [-0.2, -0.15) is 13.2 Å². The molecule has 84 valence electrons. The number of nitrogens with two attached hydrogens (primary N) is 2. The molecule has 0 radical (unpaired) electrons. The van der Waals surface area contributed by atoms with Gasteiger partial charge in [-0.15, -0.1) is 0 Å². The molecule has 0 aliphatic rings. The van der Waals surface area contributed by atoms with Gasteiger partial charge in [-0.25, -0.2) is 0 Å². The van der Waals surface area contributed by atoms with Gasteiger partial charge in [-0.3, -0.25) is 0 Å². The molecule has 0 bridgehead atoms. The third kappa shape index (κ3) is 3.53. The van der Waals surface area contributed by atoms with Crippen molar-refractivity contribution in [2.45, 2.75) is 18.6 Å². The van der Waals surface area contributed by atoms with Crippen LogP contribution in [-0.2, 0) is 12.6 Å². The lowest BCUT2D eigenvalue weighted by Gasteiger charge is -2.11. The van der Waals surface area contributed by atoms with Crippen molar-refractivity contribution in [3.63, 3.8) is 0 Å². The summed E-state index contributed by atoms with van der Waals surface area (Å²) in [5.41, 5.74) is 10.8. The van der Waals surface area contributed by atoms with Gasteiger partial charge in [0.1, 0.15) is 0 Å². The summed E-state index contributed by atoms with van der Waals surface area (Å²) >= 11 is 0. The van der Waals surface area contributed by atoms with Crippen molar-refractivity contribution in [2.75, 3.05) is 6.54 Å². The van der Waals surface area contributed by atoms with Crippen LogP contribution in [0.25, 0.3) is 0 Å². The van der Waals surface area contributed by atoms with Crippen LogP contribution >= 0.6 is 0 Å². The van der Waals surface area contributed by atoms with Crippen molar-refractivity contribution in [2.24, 2.45) is 11.5 Å². The highest BCUT2D eigenvalue weighted by Gasteiger charge is 2.30. The highest BCUT2D eigenvalue weighted by Crippen LogP contribution is 2.29. The molecule has 0 saturated heterocycles. The fraction of sp³-hybridized carbons (Fsp3) is 0.400. The number of halogens is 3. The maximum absolute atomic E-state index is 12.3. The van der Waals surface area contributed by atoms with Crippen molar-refractivity contribution in [1.82, 2.24) is 0 Å². The van der Waals surface area contributed by atoms with Crippen LogP contribution in [0.15, 0.2) is 24.3 Å². The van der Waals surface area contributed by atoms with E-state index >= 15 is 0 Å². The number of alkyl halides is 3. The molecule has 0 saturated carbocycles. The van der Waals surface area contributed by atoms with Crippen LogP contribution in [0.3, 0.4) is 0 Å². The van der Waals surface area contributed by atoms with E-state index in [1.54, 1.807) is 6.07 Å². The zero-order valence-electron chi connectivity index (χ0n) is 8.09. The SMILES string of the molecule is NCC(N)Cc1cccc(C(F)(F)F)c1. The van der Waals surface area contributed by atoms with Crippen molar-refractivity contribution < 1.29 is 13.2 Å². The second-order valence-corrected chi connectivity index (χ2v) is 3.40. The van der Waals surface area contributed by atoms with Crippen LogP contribution in [0.4, 0.5) is 13.2 Å². The smallest absolute Gasteiger partial charge is 0.329 e. The van der Waals surface area contributed by atoms with Crippen molar-refractivity contribution in [3.05, 3.63) is 35.4 Å². The first kappa shape index (κ1) is 12.0. The Labute approximate surface area is 86.1 Å². The molecule has 2 nitrogen and oxygen atoms in total. The molecular formula is C10H13F3N2. The molecule has 1 aromatic rings. The van der Waals surface area contributed by atoms with Gasteiger partial charge >= 0.3 is 6.18 Å². The number of rotatable bonds is 3. The molecule has 0 aliphatic carbocycles. The Morgan fingerprint density at radius 3 is 2.47 bits per heavy atom. The normalized spacial score (nSPS) is 13.9. The van der Waals surface area contributed by atoms with Crippen molar-refractivity contribution in [1.29, 1.82) is 0 Å². The van der Waals surface area contributed by atoms with E-state index in [9.17, 15) is 13.2 Å². The third-order valence-corrected chi connectivity index (χ3v) is 2.05. The van der Waals surface area contributed by atoms with E-state index in [2.05, 4.69) is 0 Å². The van der Waals surface area contributed by atoms with E-state index in [0.717, 1.165) is 12.1 Å². The van der Waals surface area contributed by atoms with Gasteiger partial charge in [0.15, 0.2) is 0 Å². The van der Waals surface area contributed by atoms with Crippen LogP contribution in [0, 0.1) is 0 Å². The summed E-state index contributed by atoms with van der Waals surface area (Å²) in [5, 5.41) is 0. The Hall–Kier alpha value is -1.07. The molecule has 0 heterocycles. The number of hydrogen-bond acceptors (Lipinski definition) is 2. The minimum absolute atomic E-state index is 0.260. The van der Waals surface area contributed by atoms with E-state index in [0.29, 0.717) is 12.0 Å². The van der Waals surface area contributed by atoms with E-state index in [1.807, 2.05) is 0 Å². The average Bonchev–Trinajstić information content (AvgIpc) is 2.17. The van der Waals surface area contributed by atoms with Gasteiger partial charge in [0.05, 0.1) is 5.56 Å². The summed E-state index contributed by atoms with van der Waals surface area (Å²) in [4.78, 5) is 0. The number of benzene rings is 1. The molecule has 0 aliphatic heterocycles. The molecular weight excluding hydrogens is 205 g/mol. The summed E-state index contributed by atoms with van der Waals surface area (Å²) in [7, 11) is 0. The average molecular weight is 218 g/mol. The molecule has 0 fully saturated rings. The predicted octanol–water partition coefficient (Wildman–Crippen LogP) is 1.53. The van der Waals surface area contributed by atoms with Gasteiger partial charge in [-0.05, 0) is 18.1 Å². The molecule has 5 heteroatoms. The van der Waals surface area contributed by atoms with Crippen LogP contribution in [0.5, 0.6) is 0 Å². The second kappa shape index (κ2) is 4.63. The first-order valence-corrected chi connectivity index (χ1v) is 4.55. The van der Waals surface area contributed by atoms with Gasteiger partial charge in [0.2, 0.25) is 0 Å². The van der Waals surface area contributed by atoms with Gasteiger partial charge in [0.25, 0.3) is 0 Å². The Bertz CT molecular complexity index is 323. The quantitative estimate of drug-likeness (QED) is 0.808. The standard InChI is InChI=1S/C10H13F3N2/c11-10(12,13)8-3-1-2-7(4-8)5-9(15)6-14/h1-4,9H,5-6,14-15H2. The summed E-state index contributed by atoms with van der Waals surface area (Å²) in [6, 6.07) is 4.84. The van der Waals surface area contributed by atoms with Crippen molar-refractivity contribution >= 4 is 0 Å². The van der Waals surface area contributed by atoms with E-state index in [1.165, 1.54) is 6.07 Å². The second-order valence-electron chi connectivity index (χ2n) is 3.40. The molecule has 0 spiro atoms. The minimum Gasteiger partial charge on any atom is -0.329 e. The molecule has 1 unspecified atom stereocenters. The Balaban J connectivity index is 2.84. The highest BCUT2D eigenvalue weighted by molar-refractivity contribution is 5.26. The lowest BCUT2D eigenvalue weighted by Crippen LogP contribution is -2.31. The molecule has 4 N–H and O–H groups in total. The lowest BCUT2D eigenvalue weighted by molar-refractivity contribution is -0.137. The van der Waals surface area contributed by atoms with E-state index in [4.69, 9.17) is 11.5 Å². The Morgan fingerprint density at radius 1 is 1.27 bits per heavy atom. The minimum atomic E-state index is -4.30. The fourth-order valence-electron chi connectivity index (χ4n) is 1.26. The Kier molecular flexibility index (Phi) is 3.71. The van der Waals surface area contributed by atoms with E-state index in [-0.39, 0.29) is 12.6 Å². The Morgan fingerprint density at radius 2 is 1.93 bits per heavy atom. The molecule has 0 amide bonds. The summed E-state index contributed by atoms with van der Waals surface area (Å²) < 4.78 is 37.0. The molecule has 1 aromatic carbocycles. The zero-order valence-corrected chi connectivity index (χ0v) is 8.09. The predicted molar refractivity (Wildman–Crippen MR) is 52.2 cm³/mol. The van der Waals surface area contributed by atoms with Crippen molar-refractivity contribution in [3.8, 4) is 0 Å². The monoisotopic (exact) mass is 218 g/mol. The topological polar surface area (TPSA) is 52.0 Å². The van der Waals surface area contributed by atoms with E-state index < -0.39 is 11.7 Å². The highest BCUT2D eigenvalue weighted by atomic mass is 19.4. The largest absolute Gasteiger partial charge is 0.416 e. The molecule has 1 atom stereocenters. The summed E-state index contributed by atoms with van der Waals surface area (Å²) in [6.45, 7) is 0.260. The van der Waals surface area contributed by atoms with Gasteiger partial charge < -0.3 is 11.5 Å². The first-order chi connectivity index (χ1) is 6.93. The fourth-order valence-corrected chi connectivity index (χ4v) is 1.26. The van der Waals surface area contributed by atoms with Gasteiger partial charge in [-0.1, -0.05) is 18.2 Å². The van der Waals surface area contributed by atoms with Crippen LogP contribution in [0.2, 0.25) is 0 Å². The first-order valence-electron chi connectivity index (χ1n) is 4.55. The molecule has 15 heavy (non-hydrogen) atoms. The van der Waals surface area contributed by atoms with Crippen LogP contribution in [0.1, 0.15) is 11.1 Å². The summed E-state index contributed by atoms with van der Waals surface area (Å²) in [5.74, 6) is 0. The zero-order chi connectivity index (χ0) is 11.5. The number of hydrogen-bond donors (Lipinski definition) is 2. The lowest BCUT2D eigenvalue weighted by atomic mass is 10.0. The molecule has 1 rings (SSSR count). The van der Waals surface area contributed by atoms with Crippen LogP contribution in [-0.4, -0.2) is 12.6 Å².